The molecule has 0 aliphatic carbocycles. The van der Waals surface area contributed by atoms with Gasteiger partial charge in [0.1, 0.15) is 18.1 Å². The molecule has 0 radical (unpaired) electrons. The molecule has 2 aromatic carbocycles. The normalized spacial score (nSPS) is 16.0. The molecule has 1 aromatic heterocycles. The zero-order chi connectivity index (χ0) is 21.5. The van der Waals surface area contributed by atoms with E-state index < -0.39 is 0 Å². The molecule has 6 nitrogen and oxygen atoms in total. The first-order valence-corrected chi connectivity index (χ1v) is 11.0. The standard InChI is InChI=1S/C25H31N5O.HI/c1-3-26-25(30-15-13-22(19-30)21-9-11-23(31-2)12-10-21)28-17-24-27-14-16-29(24)18-20-7-5-4-6-8-20;/h4-12,14,16,22H,3,13,15,17-19H2,1-2H3,(H,26,28);1H. The number of rotatable bonds is 7. The highest BCUT2D eigenvalue weighted by Crippen LogP contribution is 2.28. The van der Waals surface area contributed by atoms with Crippen LogP contribution in [0.1, 0.15) is 36.2 Å². The fraction of sp³-hybridized carbons (Fsp3) is 0.360. The summed E-state index contributed by atoms with van der Waals surface area (Å²) in [6.07, 6.45) is 5.01. The largest absolute Gasteiger partial charge is 0.497 e. The lowest BCUT2D eigenvalue weighted by Crippen LogP contribution is -2.40. The zero-order valence-electron chi connectivity index (χ0n) is 18.8. The Balaban J connectivity index is 0.00000289. The number of hydrogen-bond acceptors (Lipinski definition) is 3. The Hall–Kier alpha value is -2.55. The van der Waals surface area contributed by atoms with Crippen molar-refractivity contribution in [3.05, 3.63) is 83.9 Å². The summed E-state index contributed by atoms with van der Waals surface area (Å²) < 4.78 is 7.46. The molecule has 32 heavy (non-hydrogen) atoms. The van der Waals surface area contributed by atoms with Crippen LogP contribution in [0.25, 0.3) is 0 Å². The van der Waals surface area contributed by atoms with Gasteiger partial charge in [-0.25, -0.2) is 9.98 Å². The van der Waals surface area contributed by atoms with E-state index in [1.165, 1.54) is 11.1 Å². The second kappa shape index (κ2) is 11.9. The number of likely N-dealkylation sites (tertiary alicyclic amines) is 1. The fourth-order valence-electron chi connectivity index (χ4n) is 4.09. The summed E-state index contributed by atoms with van der Waals surface area (Å²) in [4.78, 5) is 11.8. The number of imidazole rings is 1. The van der Waals surface area contributed by atoms with Crippen molar-refractivity contribution in [1.29, 1.82) is 0 Å². The van der Waals surface area contributed by atoms with Gasteiger partial charge in [0.05, 0.1) is 7.11 Å². The monoisotopic (exact) mass is 545 g/mol. The maximum absolute atomic E-state index is 5.29. The maximum Gasteiger partial charge on any atom is 0.194 e. The molecule has 0 bridgehead atoms. The summed E-state index contributed by atoms with van der Waals surface area (Å²) in [5, 5.41) is 3.47. The van der Waals surface area contributed by atoms with Crippen LogP contribution in [-0.2, 0) is 13.1 Å². The number of aliphatic imine (C=N–C) groups is 1. The van der Waals surface area contributed by atoms with E-state index in [0.29, 0.717) is 12.5 Å². The fourth-order valence-corrected chi connectivity index (χ4v) is 4.09. The van der Waals surface area contributed by atoms with E-state index in [1.807, 2.05) is 30.6 Å². The summed E-state index contributed by atoms with van der Waals surface area (Å²) in [5.41, 5.74) is 2.62. The third kappa shape index (κ3) is 6.03. The molecule has 1 atom stereocenters. The van der Waals surface area contributed by atoms with Gasteiger partial charge >= 0.3 is 0 Å². The van der Waals surface area contributed by atoms with Crippen molar-refractivity contribution in [2.45, 2.75) is 32.4 Å². The number of nitrogens with one attached hydrogen (secondary N) is 1. The number of nitrogens with zero attached hydrogens (tertiary/aromatic N) is 4. The first kappa shape index (κ1) is 24.1. The molecular formula is C25H32IN5O. The van der Waals surface area contributed by atoms with Gasteiger partial charge in [0.15, 0.2) is 5.96 Å². The van der Waals surface area contributed by atoms with Crippen LogP contribution in [0.15, 0.2) is 72.0 Å². The topological polar surface area (TPSA) is 54.7 Å². The van der Waals surface area contributed by atoms with Crippen LogP contribution in [0.4, 0.5) is 0 Å². The minimum Gasteiger partial charge on any atom is -0.497 e. The minimum atomic E-state index is 0. The highest BCUT2D eigenvalue weighted by atomic mass is 127. The van der Waals surface area contributed by atoms with E-state index in [-0.39, 0.29) is 24.0 Å². The summed E-state index contributed by atoms with van der Waals surface area (Å²) in [5.74, 6) is 3.35. The quantitative estimate of drug-likeness (QED) is 0.270. The van der Waals surface area contributed by atoms with Crippen molar-refractivity contribution in [2.75, 3.05) is 26.7 Å². The lowest BCUT2D eigenvalue weighted by atomic mass is 9.98. The van der Waals surface area contributed by atoms with E-state index in [2.05, 4.69) is 63.1 Å². The lowest BCUT2D eigenvalue weighted by molar-refractivity contribution is 0.414. The maximum atomic E-state index is 5.29. The first-order chi connectivity index (χ1) is 15.3. The molecule has 0 amide bonds. The Kier molecular flexibility index (Phi) is 8.96. The Bertz CT molecular complexity index is 987. The number of hydrogen-bond donors (Lipinski definition) is 1. The molecule has 4 rings (SSSR count). The van der Waals surface area contributed by atoms with Gasteiger partial charge < -0.3 is 19.5 Å². The number of aromatic nitrogens is 2. The SMILES string of the molecule is CCNC(=NCc1nccn1Cc1ccccc1)N1CCC(c2ccc(OC)cc2)C1.I. The van der Waals surface area contributed by atoms with Crippen LogP contribution in [0.2, 0.25) is 0 Å². The Morgan fingerprint density at radius 2 is 1.94 bits per heavy atom. The van der Waals surface area contributed by atoms with Gasteiger partial charge in [-0.3, -0.25) is 0 Å². The molecule has 7 heteroatoms. The molecule has 0 saturated carbocycles. The molecular weight excluding hydrogens is 513 g/mol. The number of methoxy groups -OCH3 is 1. The Morgan fingerprint density at radius 3 is 2.66 bits per heavy atom. The molecule has 0 spiro atoms. The highest BCUT2D eigenvalue weighted by molar-refractivity contribution is 14.0. The number of ether oxygens (including phenoxy) is 1. The van der Waals surface area contributed by atoms with Crippen LogP contribution in [0.5, 0.6) is 5.75 Å². The molecule has 1 N–H and O–H groups in total. The van der Waals surface area contributed by atoms with Crippen molar-refractivity contribution in [3.8, 4) is 5.75 Å². The van der Waals surface area contributed by atoms with E-state index in [4.69, 9.17) is 9.73 Å². The van der Waals surface area contributed by atoms with Gasteiger partial charge in [-0.15, -0.1) is 24.0 Å². The van der Waals surface area contributed by atoms with E-state index >= 15 is 0 Å². The average Bonchev–Trinajstić information content (AvgIpc) is 3.47. The minimum absolute atomic E-state index is 0. The number of benzene rings is 2. The molecule has 1 fully saturated rings. The van der Waals surface area contributed by atoms with Gasteiger partial charge in [-0.05, 0) is 36.6 Å². The molecule has 1 aliphatic rings. The van der Waals surface area contributed by atoms with E-state index in [0.717, 1.165) is 50.1 Å². The van der Waals surface area contributed by atoms with Crippen LogP contribution in [0, 0.1) is 0 Å². The molecule has 1 aliphatic heterocycles. The van der Waals surface area contributed by atoms with E-state index in [9.17, 15) is 0 Å². The van der Waals surface area contributed by atoms with Crippen molar-refractivity contribution in [1.82, 2.24) is 19.8 Å². The second-order valence-corrected chi connectivity index (χ2v) is 7.83. The van der Waals surface area contributed by atoms with Crippen molar-refractivity contribution >= 4 is 29.9 Å². The molecule has 170 valence electrons. The zero-order valence-corrected chi connectivity index (χ0v) is 21.1. The summed E-state index contributed by atoms with van der Waals surface area (Å²) >= 11 is 0. The highest BCUT2D eigenvalue weighted by Gasteiger charge is 2.26. The van der Waals surface area contributed by atoms with Crippen LogP contribution in [0.3, 0.4) is 0 Å². The van der Waals surface area contributed by atoms with Gasteiger partial charge in [-0.1, -0.05) is 42.5 Å². The summed E-state index contributed by atoms with van der Waals surface area (Å²) in [7, 11) is 1.70. The number of halogens is 1. The summed E-state index contributed by atoms with van der Waals surface area (Å²) in [6.45, 7) is 6.30. The molecule has 1 saturated heterocycles. The van der Waals surface area contributed by atoms with Gasteiger partial charge in [0, 0.05) is 44.5 Å². The predicted molar refractivity (Wildman–Crippen MR) is 140 cm³/mol. The smallest absolute Gasteiger partial charge is 0.194 e. The van der Waals surface area contributed by atoms with Crippen LogP contribution < -0.4 is 10.1 Å². The third-order valence-electron chi connectivity index (χ3n) is 5.78. The average molecular weight is 545 g/mol. The lowest BCUT2D eigenvalue weighted by Gasteiger charge is -2.22. The molecule has 2 heterocycles. The summed E-state index contributed by atoms with van der Waals surface area (Å²) in [6, 6.07) is 18.9. The van der Waals surface area contributed by atoms with Gasteiger partial charge in [-0.2, -0.15) is 0 Å². The van der Waals surface area contributed by atoms with Crippen molar-refractivity contribution in [2.24, 2.45) is 4.99 Å². The second-order valence-electron chi connectivity index (χ2n) is 7.83. The molecule has 1 unspecified atom stereocenters. The van der Waals surface area contributed by atoms with Crippen LogP contribution >= 0.6 is 24.0 Å². The Labute approximate surface area is 207 Å². The van der Waals surface area contributed by atoms with Gasteiger partial charge in [0.2, 0.25) is 0 Å². The third-order valence-corrected chi connectivity index (χ3v) is 5.78. The Morgan fingerprint density at radius 1 is 1.16 bits per heavy atom. The van der Waals surface area contributed by atoms with Crippen molar-refractivity contribution in [3.63, 3.8) is 0 Å². The van der Waals surface area contributed by atoms with E-state index in [1.54, 1.807) is 7.11 Å². The van der Waals surface area contributed by atoms with Crippen LogP contribution in [-0.4, -0.2) is 47.2 Å². The predicted octanol–water partition coefficient (Wildman–Crippen LogP) is 4.51. The molecule has 3 aromatic rings. The number of guanidine groups is 1. The van der Waals surface area contributed by atoms with Gasteiger partial charge in [0.25, 0.3) is 0 Å². The first-order valence-electron chi connectivity index (χ1n) is 11.0. The van der Waals surface area contributed by atoms with Crippen molar-refractivity contribution < 1.29 is 4.74 Å².